The summed E-state index contributed by atoms with van der Waals surface area (Å²) in [4.78, 5) is 8.13. The van der Waals surface area contributed by atoms with Gasteiger partial charge < -0.3 is 5.32 Å². The number of rotatable bonds is 3. The molecule has 1 aromatic heterocycles. The molecule has 100 valence electrons. The standard InChI is InChI=1S/C13H12BrClFN3/c1-3-8-12(15)17-6-18-13(8)19-11-5-9(14)10(16)4-7(11)2/h4-6H,3H2,1-2H3,(H,17,18,19). The molecule has 1 aromatic carbocycles. The normalized spacial score (nSPS) is 10.6. The fourth-order valence-electron chi connectivity index (χ4n) is 1.72. The van der Waals surface area contributed by atoms with Crippen molar-refractivity contribution in [3.63, 3.8) is 0 Å². The van der Waals surface area contributed by atoms with Crippen LogP contribution < -0.4 is 5.32 Å². The molecule has 2 aromatic rings. The van der Waals surface area contributed by atoms with Crippen LogP contribution in [0.1, 0.15) is 18.1 Å². The monoisotopic (exact) mass is 343 g/mol. The number of aromatic nitrogens is 2. The highest BCUT2D eigenvalue weighted by Gasteiger charge is 2.11. The molecule has 0 saturated carbocycles. The minimum Gasteiger partial charge on any atom is -0.340 e. The van der Waals surface area contributed by atoms with Crippen LogP contribution in [0.4, 0.5) is 15.9 Å². The van der Waals surface area contributed by atoms with Crippen LogP contribution in [0.3, 0.4) is 0 Å². The summed E-state index contributed by atoms with van der Waals surface area (Å²) in [5.41, 5.74) is 2.40. The van der Waals surface area contributed by atoms with Crippen molar-refractivity contribution in [1.82, 2.24) is 9.97 Å². The number of nitrogens with one attached hydrogen (secondary N) is 1. The van der Waals surface area contributed by atoms with Gasteiger partial charge in [-0.25, -0.2) is 14.4 Å². The Morgan fingerprint density at radius 3 is 2.79 bits per heavy atom. The van der Waals surface area contributed by atoms with E-state index in [0.717, 1.165) is 16.8 Å². The van der Waals surface area contributed by atoms with Crippen LogP contribution >= 0.6 is 27.5 Å². The predicted molar refractivity (Wildman–Crippen MR) is 78.5 cm³/mol. The van der Waals surface area contributed by atoms with Crippen LogP contribution in [-0.2, 0) is 6.42 Å². The number of anilines is 2. The van der Waals surface area contributed by atoms with Crippen LogP contribution in [-0.4, -0.2) is 9.97 Å². The Labute approximate surface area is 124 Å². The second kappa shape index (κ2) is 5.84. The van der Waals surface area contributed by atoms with E-state index in [0.29, 0.717) is 21.9 Å². The molecule has 6 heteroatoms. The molecule has 0 unspecified atom stereocenters. The summed E-state index contributed by atoms with van der Waals surface area (Å²) in [5, 5.41) is 3.60. The summed E-state index contributed by atoms with van der Waals surface area (Å²) in [7, 11) is 0. The lowest BCUT2D eigenvalue weighted by Gasteiger charge is -2.13. The molecule has 0 saturated heterocycles. The number of hydrogen-bond donors (Lipinski definition) is 1. The zero-order chi connectivity index (χ0) is 14.0. The number of nitrogens with zero attached hydrogens (tertiary/aromatic N) is 2. The topological polar surface area (TPSA) is 37.8 Å². The number of hydrogen-bond acceptors (Lipinski definition) is 3. The van der Waals surface area contributed by atoms with E-state index in [1.165, 1.54) is 12.4 Å². The van der Waals surface area contributed by atoms with E-state index in [9.17, 15) is 4.39 Å². The van der Waals surface area contributed by atoms with Gasteiger partial charge in [0.15, 0.2) is 0 Å². The Hall–Kier alpha value is -1.20. The minimum atomic E-state index is -0.292. The van der Waals surface area contributed by atoms with Crippen molar-refractivity contribution in [3.8, 4) is 0 Å². The molecule has 0 fully saturated rings. The molecule has 0 aliphatic rings. The third-order valence-corrected chi connectivity index (χ3v) is 3.70. The summed E-state index contributed by atoms with van der Waals surface area (Å²) >= 11 is 9.20. The van der Waals surface area contributed by atoms with Gasteiger partial charge in [-0.05, 0) is 47.0 Å². The van der Waals surface area contributed by atoms with E-state index >= 15 is 0 Å². The molecule has 2 rings (SSSR count). The van der Waals surface area contributed by atoms with Crippen molar-refractivity contribution >= 4 is 39.0 Å². The van der Waals surface area contributed by atoms with Gasteiger partial charge in [0.2, 0.25) is 0 Å². The van der Waals surface area contributed by atoms with Gasteiger partial charge in [0.05, 0.1) is 4.47 Å². The third-order valence-electron chi connectivity index (χ3n) is 2.77. The predicted octanol–water partition coefficient (Wildman–Crippen LogP) is 4.65. The Balaban J connectivity index is 2.42. The average molecular weight is 345 g/mol. The first-order chi connectivity index (χ1) is 9.02. The fourth-order valence-corrected chi connectivity index (χ4v) is 2.33. The van der Waals surface area contributed by atoms with Gasteiger partial charge in [-0.3, -0.25) is 0 Å². The van der Waals surface area contributed by atoms with Crippen molar-refractivity contribution in [2.75, 3.05) is 5.32 Å². The van der Waals surface area contributed by atoms with E-state index in [-0.39, 0.29) is 5.82 Å². The molecule has 0 atom stereocenters. The van der Waals surface area contributed by atoms with Crippen molar-refractivity contribution in [2.24, 2.45) is 0 Å². The van der Waals surface area contributed by atoms with Crippen LogP contribution in [0.5, 0.6) is 0 Å². The fraction of sp³-hybridized carbons (Fsp3) is 0.231. The molecule has 3 nitrogen and oxygen atoms in total. The lowest BCUT2D eigenvalue weighted by atomic mass is 10.2. The van der Waals surface area contributed by atoms with Crippen molar-refractivity contribution < 1.29 is 4.39 Å². The summed E-state index contributed by atoms with van der Waals surface area (Å²) in [6.45, 7) is 3.80. The molecule has 0 radical (unpaired) electrons. The SMILES string of the molecule is CCc1c(Cl)ncnc1Nc1cc(Br)c(F)cc1C. The second-order valence-corrected chi connectivity index (χ2v) is 5.26. The van der Waals surface area contributed by atoms with Crippen molar-refractivity contribution in [3.05, 3.63) is 45.0 Å². The Kier molecular flexibility index (Phi) is 4.37. The second-order valence-electron chi connectivity index (χ2n) is 4.05. The van der Waals surface area contributed by atoms with Crippen molar-refractivity contribution in [1.29, 1.82) is 0 Å². The van der Waals surface area contributed by atoms with Crippen LogP contribution in [0.2, 0.25) is 5.15 Å². The minimum absolute atomic E-state index is 0.292. The highest BCUT2D eigenvalue weighted by molar-refractivity contribution is 9.10. The first-order valence-corrected chi connectivity index (χ1v) is 6.92. The molecule has 1 N–H and O–H groups in total. The molecular weight excluding hydrogens is 333 g/mol. The quantitative estimate of drug-likeness (QED) is 0.824. The Bertz CT molecular complexity index is 619. The third kappa shape index (κ3) is 3.04. The molecular formula is C13H12BrClFN3. The zero-order valence-electron chi connectivity index (χ0n) is 10.5. The maximum Gasteiger partial charge on any atom is 0.138 e. The van der Waals surface area contributed by atoms with Gasteiger partial charge in [-0.1, -0.05) is 18.5 Å². The molecule has 19 heavy (non-hydrogen) atoms. The maximum atomic E-state index is 13.4. The van der Waals surface area contributed by atoms with Gasteiger partial charge in [-0.15, -0.1) is 0 Å². The van der Waals surface area contributed by atoms with Gasteiger partial charge in [0.25, 0.3) is 0 Å². The van der Waals surface area contributed by atoms with Crippen molar-refractivity contribution in [2.45, 2.75) is 20.3 Å². The number of halogens is 3. The van der Waals surface area contributed by atoms with Crippen LogP contribution in [0.15, 0.2) is 22.9 Å². The number of aryl methyl sites for hydroxylation is 1. The van der Waals surface area contributed by atoms with E-state index in [1.807, 2.05) is 13.8 Å². The Morgan fingerprint density at radius 2 is 2.11 bits per heavy atom. The van der Waals surface area contributed by atoms with Gasteiger partial charge in [0, 0.05) is 11.3 Å². The van der Waals surface area contributed by atoms with E-state index in [1.54, 1.807) is 6.07 Å². The van der Waals surface area contributed by atoms with Crippen LogP contribution in [0, 0.1) is 12.7 Å². The van der Waals surface area contributed by atoms with E-state index in [2.05, 4.69) is 31.2 Å². The van der Waals surface area contributed by atoms with Gasteiger partial charge in [0.1, 0.15) is 23.1 Å². The highest BCUT2D eigenvalue weighted by Crippen LogP contribution is 2.29. The van der Waals surface area contributed by atoms with E-state index in [4.69, 9.17) is 11.6 Å². The summed E-state index contributed by atoms with van der Waals surface area (Å²) in [5.74, 6) is 0.351. The highest BCUT2D eigenvalue weighted by atomic mass is 79.9. The smallest absolute Gasteiger partial charge is 0.138 e. The molecule has 1 heterocycles. The zero-order valence-corrected chi connectivity index (χ0v) is 12.8. The molecule has 0 aliphatic carbocycles. The summed E-state index contributed by atoms with van der Waals surface area (Å²) in [6, 6.07) is 3.14. The number of benzene rings is 1. The first-order valence-electron chi connectivity index (χ1n) is 5.75. The first kappa shape index (κ1) is 14.2. The summed E-state index contributed by atoms with van der Waals surface area (Å²) in [6.07, 6.45) is 2.11. The van der Waals surface area contributed by atoms with Crippen LogP contribution in [0.25, 0.3) is 0 Å². The summed E-state index contributed by atoms with van der Waals surface area (Å²) < 4.78 is 13.8. The molecule has 0 amide bonds. The average Bonchev–Trinajstić information content (AvgIpc) is 2.36. The van der Waals surface area contributed by atoms with Gasteiger partial charge in [-0.2, -0.15) is 0 Å². The largest absolute Gasteiger partial charge is 0.340 e. The Morgan fingerprint density at radius 1 is 1.37 bits per heavy atom. The maximum absolute atomic E-state index is 13.4. The lowest BCUT2D eigenvalue weighted by Crippen LogP contribution is -2.02. The molecule has 0 aliphatic heterocycles. The van der Waals surface area contributed by atoms with E-state index < -0.39 is 0 Å². The van der Waals surface area contributed by atoms with Gasteiger partial charge >= 0.3 is 0 Å². The molecule has 0 bridgehead atoms. The molecule has 0 spiro atoms. The lowest BCUT2D eigenvalue weighted by molar-refractivity contribution is 0.620.